The predicted molar refractivity (Wildman–Crippen MR) is 102 cm³/mol. The van der Waals surface area contributed by atoms with Gasteiger partial charge in [-0.3, -0.25) is 4.79 Å². The van der Waals surface area contributed by atoms with Gasteiger partial charge < -0.3 is 4.74 Å². The van der Waals surface area contributed by atoms with Gasteiger partial charge in [0, 0.05) is 24.0 Å². The smallest absolute Gasteiger partial charge is 0.331 e. The number of hydrogen-bond acceptors (Lipinski definition) is 3. The Bertz CT molecular complexity index is 780. The molecule has 0 aliphatic carbocycles. The number of carbonyl (C=O) groups is 2. The summed E-state index contributed by atoms with van der Waals surface area (Å²) >= 11 is 0. The zero-order valence-electron chi connectivity index (χ0n) is 15.1. The summed E-state index contributed by atoms with van der Waals surface area (Å²) < 4.78 is 5.80. The molecule has 2 aromatic carbocycles. The summed E-state index contributed by atoms with van der Waals surface area (Å²) in [4.78, 5) is 24.8. The van der Waals surface area contributed by atoms with E-state index < -0.39 is 5.60 Å². The molecular weight excluding hydrogens is 324 g/mol. The van der Waals surface area contributed by atoms with Crippen LogP contribution in [-0.2, 0) is 9.53 Å². The van der Waals surface area contributed by atoms with Crippen LogP contribution in [0.1, 0.15) is 54.4 Å². The third kappa shape index (κ3) is 3.93. The number of cyclic esters (lactones) is 1. The third-order valence-electron chi connectivity index (χ3n) is 4.99. The molecule has 2 aromatic rings. The van der Waals surface area contributed by atoms with Gasteiger partial charge in [0.1, 0.15) is 5.60 Å². The molecule has 0 N–H and O–H groups in total. The number of ketones is 1. The van der Waals surface area contributed by atoms with Crippen LogP contribution in [0.15, 0.2) is 72.8 Å². The van der Waals surface area contributed by atoms with Gasteiger partial charge in [-0.15, -0.1) is 0 Å². The molecule has 0 saturated heterocycles. The lowest BCUT2D eigenvalue weighted by Gasteiger charge is -2.35. The summed E-state index contributed by atoms with van der Waals surface area (Å²) in [7, 11) is 0. The van der Waals surface area contributed by atoms with Crippen LogP contribution in [0, 0.1) is 0 Å². The van der Waals surface area contributed by atoms with Crippen LogP contribution < -0.4 is 0 Å². The minimum Gasteiger partial charge on any atom is -0.451 e. The highest BCUT2D eigenvalue weighted by atomic mass is 16.6. The molecule has 1 heterocycles. The average Bonchev–Trinajstić information content (AvgIpc) is 3.07. The van der Waals surface area contributed by atoms with E-state index in [0.717, 1.165) is 18.4 Å². The van der Waals surface area contributed by atoms with Crippen molar-refractivity contribution in [3.8, 4) is 0 Å². The molecule has 3 heteroatoms. The van der Waals surface area contributed by atoms with Crippen molar-refractivity contribution < 1.29 is 14.3 Å². The fourth-order valence-electron chi connectivity index (χ4n) is 3.60. The van der Waals surface area contributed by atoms with Crippen molar-refractivity contribution in [1.29, 1.82) is 0 Å². The van der Waals surface area contributed by atoms with E-state index in [1.165, 1.54) is 6.08 Å². The van der Waals surface area contributed by atoms with Crippen molar-refractivity contribution in [3.05, 3.63) is 83.9 Å². The first-order valence-electron chi connectivity index (χ1n) is 9.20. The summed E-state index contributed by atoms with van der Waals surface area (Å²) in [6.07, 6.45) is 6.31. The molecule has 0 unspecified atom stereocenters. The molecular formula is C23H24O3. The van der Waals surface area contributed by atoms with Crippen LogP contribution in [0.2, 0.25) is 0 Å². The molecule has 134 valence electrons. The minimum atomic E-state index is -0.751. The van der Waals surface area contributed by atoms with Gasteiger partial charge in [0.25, 0.3) is 0 Å². The van der Waals surface area contributed by atoms with Crippen LogP contribution >= 0.6 is 0 Å². The number of carbonyl (C=O) groups excluding carboxylic acids is 2. The normalized spacial score (nSPS) is 20.0. The first-order valence-corrected chi connectivity index (χ1v) is 9.20. The van der Waals surface area contributed by atoms with Crippen molar-refractivity contribution in [2.75, 3.05) is 0 Å². The minimum absolute atomic E-state index is 0.0617. The molecule has 0 spiro atoms. The molecule has 0 amide bonds. The van der Waals surface area contributed by atoms with E-state index in [0.29, 0.717) is 18.4 Å². The van der Waals surface area contributed by atoms with E-state index in [2.05, 4.69) is 6.92 Å². The van der Waals surface area contributed by atoms with Gasteiger partial charge in [0.2, 0.25) is 0 Å². The van der Waals surface area contributed by atoms with E-state index in [-0.39, 0.29) is 17.7 Å². The van der Waals surface area contributed by atoms with E-state index in [1.807, 2.05) is 66.7 Å². The van der Waals surface area contributed by atoms with Gasteiger partial charge in [-0.05, 0) is 24.5 Å². The Morgan fingerprint density at radius 1 is 1.04 bits per heavy atom. The molecule has 0 aromatic heterocycles. The maximum atomic E-state index is 12.9. The Hall–Kier alpha value is -2.68. The maximum absolute atomic E-state index is 12.9. The van der Waals surface area contributed by atoms with Crippen molar-refractivity contribution in [2.24, 2.45) is 0 Å². The largest absolute Gasteiger partial charge is 0.451 e. The molecule has 1 aliphatic rings. The van der Waals surface area contributed by atoms with Crippen LogP contribution in [0.5, 0.6) is 0 Å². The lowest BCUT2D eigenvalue weighted by molar-refractivity contribution is -0.148. The summed E-state index contributed by atoms with van der Waals surface area (Å²) in [6, 6.07) is 19.2. The number of ether oxygens (including phenoxy) is 1. The van der Waals surface area contributed by atoms with E-state index in [9.17, 15) is 9.59 Å². The van der Waals surface area contributed by atoms with Crippen LogP contribution in [-0.4, -0.2) is 17.4 Å². The number of unbranched alkanes of at least 4 members (excludes halogenated alkanes) is 1. The molecule has 26 heavy (non-hydrogen) atoms. The molecule has 1 aliphatic heterocycles. The number of Topliss-reactive ketones (excluding diaryl/α,β-unsaturated/α-hetero) is 1. The monoisotopic (exact) mass is 348 g/mol. The van der Waals surface area contributed by atoms with E-state index >= 15 is 0 Å². The first-order chi connectivity index (χ1) is 12.6. The Morgan fingerprint density at radius 2 is 1.69 bits per heavy atom. The highest BCUT2D eigenvalue weighted by molar-refractivity contribution is 5.96. The van der Waals surface area contributed by atoms with Crippen molar-refractivity contribution >= 4 is 11.8 Å². The number of benzene rings is 2. The fraction of sp³-hybridized carbons (Fsp3) is 0.304. The summed E-state index contributed by atoms with van der Waals surface area (Å²) in [5.74, 6) is -0.466. The topological polar surface area (TPSA) is 43.4 Å². The molecule has 3 rings (SSSR count). The molecule has 0 fully saturated rings. The van der Waals surface area contributed by atoms with Gasteiger partial charge >= 0.3 is 5.97 Å². The Kier molecular flexibility index (Phi) is 5.67. The second-order valence-corrected chi connectivity index (χ2v) is 6.77. The predicted octanol–water partition coefficient (Wildman–Crippen LogP) is 5.09. The number of esters is 1. The zero-order valence-corrected chi connectivity index (χ0v) is 15.1. The van der Waals surface area contributed by atoms with Crippen LogP contribution in [0.3, 0.4) is 0 Å². The van der Waals surface area contributed by atoms with Gasteiger partial charge in [0.05, 0.1) is 0 Å². The summed E-state index contributed by atoms with van der Waals surface area (Å²) in [5.41, 5.74) is 0.957. The molecule has 2 atom stereocenters. The molecule has 0 saturated carbocycles. The average molecular weight is 348 g/mol. The van der Waals surface area contributed by atoms with Crippen molar-refractivity contribution in [1.82, 2.24) is 0 Å². The van der Waals surface area contributed by atoms with Crippen molar-refractivity contribution in [2.45, 2.75) is 44.1 Å². The quantitative estimate of drug-likeness (QED) is 0.493. The summed E-state index contributed by atoms with van der Waals surface area (Å²) in [6.45, 7) is 2.11. The lowest BCUT2D eigenvalue weighted by atomic mass is 9.75. The highest BCUT2D eigenvalue weighted by Crippen LogP contribution is 2.42. The lowest BCUT2D eigenvalue weighted by Crippen LogP contribution is -2.37. The van der Waals surface area contributed by atoms with Gasteiger partial charge in [-0.25, -0.2) is 4.79 Å². The van der Waals surface area contributed by atoms with Crippen LogP contribution in [0.25, 0.3) is 0 Å². The Labute approximate surface area is 154 Å². The third-order valence-corrected chi connectivity index (χ3v) is 4.99. The summed E-state index contributed by atoms with van der Waals surface area (Å²) in [5, 5.41) is 0. The number of hydrogen-bond donors (Lipinski definition) is 0. The Balaban J connectivity index is 1.96. The zero-order chi connectivity index (χ0) is 18.4. The number of rotatable bonds is 8. The van der Waals surface area contributed by atoms with Gasteiger partial charge in [-0.1, -0.05) is 74.0 Å². The highest BCUT2D eigenvalue weighted by Gasteiger charge is 2.44. The SMILES string of the molecule is CCCC[C@]1([C@@H](CC(=O)c2ccccc2)c2ccccc2)C=CC(=O)O1. The first kappa shape index (κ1) is 18.1. The van der Waals surface area contributed by atoms with Crippen LogP contribution in [0.4, 0.5) is 0 Å². The maximum Gasteiger partial charge on any atom is 0.331 e. The second-order valence-electron chi connectivity index (χ2n) is 6.77. The fourth-order valence-corrected chi connectivity index (χ4v) is 3.60. The van der Waals surface area contributed by atoms with Gasteiger partial charge in [-0.2, -0.15) is 0 Å². The van der Waals surface area contributed by atoms with E-state index in [1.54, 1.807) is 0 Å². The second kappa shape index (κ2) is 8.13. The molecule has 0 radical (unpaired) electrons. The van der Waals surface area contributed by atoms with Crippen molar-refractivity contribution in [3.63, 3.8) is 0 Å². The Morgan fingerprint density at radius 3 is 2.27 bits per heavy atom. The van der Waals surface area contributed by atoms with E-state index in [4.69, 9.17) is 4.74 Å². The standard InChI is InChI=1S/C23H24O3/c1-2-3-15-23(16-14-22(25)26-23)20(18-10-6-4-7-11-18)17-21(24)19-12-8-5-9-13-19/h4-14,16,20H,2-3,15,17H2,1H3/t20-,23+/m0/s1. The van der Waals surface area contributed by atoms with Gasteiger partial charge in [0.15, 0.2) is 5.78 Å². The molecule has 3 nitrogen and oxygen atoms in total. The molecule has 0 bridgehead atoms.